The number of amides is 1. The van der Waals surface area contributed by atoms with Gasteiger partial charge in [-0.25, -0.2) is 4.98 Å². The summed E-state index contributed by atoms with van der Waals surface area (Å²) in [7, 11) is 0. The zero-order valence-electron chi connectivity index (χ0n) is 6.96. The smallest absolute Gasteiger partial charge is 0.220 e. The van der Waals surface area contributed by atoms with Gasteiger partial charge in [0.25, 0.3) is 0 Å². The summed E-state index contributed by atoms with van der Waals surface area (Å²) < 4.78 is 0. The zero-order chi connectivity index (χ0) is 8.97. The highest BCUT2D eigenvalue weighted by molar-refractivity contribution is 5.74. The average Bonchev–Trinajstić information content (AvgIpc) is 2.35. The van der Waals surface area contributed by atoms with Crippen molar-refractivity contribution in [3.63, 3.8) is 0 Å². The Morgan fingerprint density at radius 2 is 2.42 bits per heavy atom. The number of hydrogen-bond acceptors (Lipinski definition) is 3. The van der Waals surface area contributed by atoms with Crippen LogP contribution in [0.25, 0.3) is 6.08 Å². The van der Waals surface area contributed by atoms with Crippen LogP contribution in [0.5, 0.6) is 0 Å². The van der Waals surface area contributed by atoms with Crippen LogP contribution in [0, 0.1) is 6.92 Å². The van der Waals surface area contributed by atoms with Gasteiger partial charge in [0.1, 0.15) is 5.82 Å². The van der Waals surface area contributed by atoms with Gasteiger partial charge in [0.05, 0.1) is 0 Å². The van der Waals surface area contributed by atoms with Gasteiger partial charge < -0.3 is 5.32 Å². The third-order valence-electron chi connectivity index (χ3n) is 1.13. The minimum Gasteiger partial charge on any atom is -0.333 e. The lowest BCUT2D eigenvalue weighted by Crippen LogP contribution is -2.11. The Labute approximate surface area is 69.9 Å². The molecule has 0 saturated carbocycles. The Balaban J connectivity index is 2.52. The van der Waals surface area contributed by atoms with Crippen LogP contribution in [0.1, 0.15) is 18.6 Å². The lowest BCUT2D eigenvalue weighted by Gasteiger charge is -1.87. The van der Waals surface area contributed by atoms with E-state index in [1.807, 2.05) is 6.92 Å². The summed E-state index contributed by atoms with van der Waals surface area (Å²) >= 11 is 0. The normalized spacial score (nSPS) is 10.5. The van der Waals surface area contributed by atoms with E-state index in [0.717, 1.165) is 5.82 Å². The highest BCUT2D eigenvalue weighted by Crippen LogP contribution is 1.91. The van der Waals surface area contributed by atoms with E-state index < -0.39 is 0 Å². The lowest BCUT2D eigenvalue weighted by atomic mass is 10.5. The van der Waals surface area contributed by atoms with Crippen molar-refractivity contribution in [2.75, 3.05) is 0 Å². The minimum atomic E-state index is -0.112. The topological polar surface area (TPSA) is 70.7 Å². The molecule has 0 unspecified atom stereocenters. The molecule has 0 fully saturated rings. The van der Waals surface area contributed by atoms with Gasteiger partial charge in [0, 0.05) is 19.2 Å². The van der Waals surface area contributed by atoms with E-state index in [0.29, 0.717) is 5.82 Å². The van der Waals surface area contributed by atoms with Crippen molar-refractivity contribution in [3.05, 3.63) is 17.8 Å². The molecule has 2 N–H and O–H groups in total. The van der Waals surface area contributed by atoms with Crippen molar-refractivity contribution in [2.24, 2.45) is 0 Å². The number of aryl methyl sites for hydroxylation is 1. The van der Waals surface area contributed by atoms with Gasteiger partial charge in [-0.3, -0.25) is 9.89 Å². The lowest BCUT2D eigenvalue weighted by molar-refractivity contribution is -0.118. The molecule has 0 bridgehead atoms. The molecule has 0 radical (unpaired) electrons. The summed E-state index contributed by atoms with van der Waals surface area (Å²) in [6.45, 7) is 3.25. The molecule has 1 aromatic heterocycles. The van der Waals surface area contributed by atoms with Crippen molar-refractivity contribution in [2.45, 2.75) is 13.8 Å². The average molecular weight is 166 g/mol. The van der Waals surface area contributed by atoms with E-state index in [1.165, 1.54) is 13.1 Å². The van der Waals surface area contributed by atoms with E-state index in [4.69, 9.17) is 0 Å². The number of aromatic nitrogens is 3. The highest BCUT2D eigenvalue weighted by Gasteiger charge is 1.92. The van der Waals surface area contributed by atoms with Crippen LogP contribution < -0.4 is 5.32 Å². The van der Waals surface area contributed by atoms with E-state index in [-0.39, 0.29) is 5.91 Å². The monoisotopic (exact) mass is 166 g/mol. The quantitative estimate of drug-likeness (QED) is 0.660. The maximum absolute atomic E-state index is 10.4. The number of aromatic amines is 1. The first kappa shape index (κ1) is 8.45. The third kappa shape index (κ3) is 2.53. The summed E-state index contributed by atoms with van der Waals surface area (Å²) in [5.74, 6) is 1.19. The summed E-state index contributed by atoms with van der Waals surface area (Å²) in [6.07, 6.45) is 3.12. The molecule has 0 spiro atoms. The largest absolute Gasteiger partial charge is 0.333 e. The van der Waals surface area contributed by atoms with Gasteiger partial charge in [0.15, 0.2) is 5.82 Å². The molecule has 0 atom stereocenters. The Kier molecular flexibility index (Phi) is 2.57. The van der Waals surface area contributed by atoms with Crippen LogP contribution in [0.15, 0.2) is 6.20 Å². The van der Waals surface area contributed by atoms with Crippen LogP contribution >= 0.6 is 0 Å². The fourth-order valence-corrected chi connectivity index (χ4v) is 0.668. The van der Waals surface area contributed by atoms with Crippen LogP contribution in [0.4, 0.5) is 0 Å². The summed E-state index contributed by atoms with van der Waals surface area (Å²) in [5.41, 5.74) is 0. The molecule has 1 amide bonds. The molecule has 1 aromatic rings. The van der Waals surface area contributed by atoms with E-state index in [1.54, 1.807) is 6.08 Å². The highest BCUT2D eigenvalue weighted by atomic mass is 16.1. The molecule has 12 heavy (non-hydrogen) atoms. The molecule has 5 nitrogen and oxygen atoms in total. The zero-order valence-corrected chi connectivity index (χ0v) is 6.96. The molecular formula is C7H10N4O. The summed E-state index contributed by atoms with van der Waals surface area (Å²) in [6, 6.07) is 0. The molecule has 64 valence electrons. The molecule has 0 aromatic carbocycles. The molecule has 1 heterocycles. The molecule has 1 rings (SSSR count). The van der Waals surface area contributed by atoms with Gasteiger partial charge in [0.2, 0.25) is 5.91 Å². The predicted molar refractivity (Wildman–Crippen MR) is 44.0 cm³/mol. The second-order valence-corrected chi connectivity index (χ2v) is 2.31. The second kappa shape index (κ2) is 3.66. The van der Waals surface area contributed by atoms with E-state index in [9.17, 15) is 4.79 Å². The maximum Gasteiger partial charge on any atom is 0.220 e. The molecule has 0 aliphatic heterocycles. The molecule has 0 saturated heterocycles. The van der Waals surface area contributed by atoms with Gasteiger partial charge >= 0.3 is 0 Å². The first-order chi connectivity index (χ1) is 5.68. The van der Waals surface area contributed by atoms with Gasteiger partial charge in [-0.1, -0.05) is 0 Å². The molecule has 5 heteroatoms. The van der Waals surface area contributed by atoms with E-state index in [2.05, 4.69) is 20.5 Å². The van der Waals surface area contributed by atoms with Gasteiger partial charge in [-0.2, -0.15) is 5.10 Å². The van der Waals surface area contributed by atoms with Gasteiger partial charge in [-0.15, -0.1) is 0 Å². The minimum absolute atomic E-state index is 0.112. The van der Waals surface area contributed by atoms with Crippen molar-refractivity contribution in [3.8, 4) is 0 Å². The van der Waals surface area contributed by atoms with Gasteiger partial charge in [-0.05, 0) is 6.92 Å². The van der Waals surface area contributed by atoms with Crippen molar-refractivity contribution < 1.29 is 4.79 Å². The van der Waals surface area contributed by atoms with Crippen molar-refractivity contribution in [1.82, 2.24) is 20.5 Å². The molecule has 0 aliphatic rings. The molecular weight excluding hydrogens is 156 g/mol. The number of rotatable bonds is 2. The van der Waals surface area contributed by atoms with Crippen molar-refractivity contribution in [1.29, 1.82) is 0 Å². The first-order valence-corrected chi connectivity index (χ1v) is 3.51. The first-order valence-electron chi connectivity index (χ1n) is 3.51. The summed E-state index contributed by atoms with van der Waals surface area (Å²) in [5, 5.41) is 9.01. The fourth-order valence-electron chi connectivity index (χ4n) is 0.668. The number of nitrogens with zero attached hydrogens (tertiary/aromatic N) is 2. The Hall–Kier alpha value is -1.65. The Bertz CT molecular complexity index is 302. The summed E-state index contributed by atoms with van der Waals surface area (Å²) in [4.78, 5) is 14.4. The third-order valence-corrected chi connectivity index (χ3v) is 1.13. The number of nitrogens with one attached hydrogen (secondary N) is 2. The number of carbonyl (C=O) groups excluding carboxylic acids is 1. The standard InChI is InChI=1S/C7H10N4O/c1-5-9-7(11-10-5)3-4-8-6(2)12/h3-4H,1-2H3,(H,8,12)(H,9,10,11)/b4-3-. The molecule has 0 aliphatic carbocycles. The number of hydrogen-bond donors (Lipinski definition) is 2. The SMILES string of the molecule is CC(=O)N/C=C\c1n[nH]c(C)n1. The Morgan fingerprint density at radius 1 is 1.67 bits per heavy atom. The predicted octanol–water partition coefficient (Wildman–Crippen LogP) is 0.220. The van der Waals surface area contributed by atoms with Crippen LogP contribution in [-0.4, -0.2) is 21.1 Å². The Morgan fingerprint density at radius 3 is 2.92 bits per heavy atom. The fraction of sp³-hybridized carbons (Fsp3) is 0.286. The van der Waals surface area contributed by atoms with E-state index >= 15 is 0 Å². The number of H-pyrrole nitrogens is 1. The van der Waals surface area contributed by atoms with Crippen LogP contribution in [-0.2, 0) is 4.79 Å². The second-order valence-electron chi connectivity index (χ2n) is 2.31. The van der Waals surface area contributed by atoms with Crippen LogP contribution in [0.2, 0.25) is 0 Å². The number of carbonyl (C=O) groups is 1. The van der Waals surface area contributed by atoms with Crippen LogP contribution in [0.3, 0.4) is 0 Å². The van der Waals surface area contributed by atoms with Crippen molar-refractivity contribution >= 4 is 12.0 Å². The maximum atomic E-state index is 10.4.